The van der Waals surface area contributed by atoms with Gasteiger partial charge in [-0.2, -0.15) is 0 Å². The molecule has 14 heavy (non-hydrogen) atoms. The van der Waals surface area contributed by atoms with E-state index in [0.717, 1.165) is 12.2 Å². The molecule has 2 heterocycles. The highest BCUT2D eigenvalue weighted by molar-refractivity contribution is 5.92. The fraction of sp³-hybridized carbons (Fsp3) is 0.333. The van der Waals surface area contributed by atoms with Gasteiger partial charge in [0.25, 0.3) is 0 Å². The second kappa shape index (κ2) is 3.63. The zero-order chi connectivity index (χ0) is 9.97. The smallest absolute Gasteiger partial charge is 0.350 e. The van der Waals surface area contributed by atoms with E-state index in [1.54, 1.807) is 0 Å². The van der Waals surface area contributed by atoms with Crippen molar-refractivity contribution in [1.82, 2.24) is 5.06 Å². The summed E-state index contributed by atoms with van der Waals surface area (Å²) in [7, 11) is 0. The molecule has 0 saturated carbocycles. The van der Waals surface area contributed by atoms with Gasteiger partial charge in [0, 0.05) is 18.6 Å². The van der Waals surface area contributed by atoms with E-state index >= 15 is 0 Å². The van der Waals surface area contributed by atoms with E-state index in [-0.39, 0.29) is 0 Å². The Hall–Kier alpha value is -1.62. The van der Waals surface area contributed by atoms with Crippen molar-refractivity contribution in [3.05, 3.63) is 24.3 Å². The molecule has 0 aromatic rings. The largest absolute Gasteiger partial charge is 0.440 e. The Morgan fingerprint density at radius 2 is 2.00 bits per heavy atom. The molecule has 5 nitrogen and oxygen atoms in total. The topological polar surface area (TPSA) is 55.8 Å². The van der Waals surface area contributed by atoms with Crippen LogP contribution in [0.15, 0.2) is 24.3 Å². The van der Waals surface area contributed by atoms with Crippen LogP contribution in [0.4, 0.5) is 0 Å². The molecule has 2 rings (SSSR count). The first-order chi connectivity index (χ1) is 6.75. The minimum atomic E-state index is -0.554. The molecule has 5 heteroatoms. The summed E-state index contributed by atoms with van der Waals surface area (Å²) in [5.41, 5.74) is 0. The third-order valence-corrected chi connectivity index (χ3v) is 1.93. The quantitative estimate of drug-likeness (QED) is 0.406. The van der Waals surface area contributed by atoms with Crippen molar-refractivity contribution in [2.45, 2.75) is 12.6 Å². The van der Waals surface area contributed by atoms with Crippen molar-refractivity contribution in [3.8, 4) is 0 Å². The van der Waals surface area contributed by atoms with Gasteiger partial charge < -0.3 is 9.57 Å². The minimum absolute atomic E-state index is 0.442. The highest BCUT2D eigenvalue weighted by atomic mass is 16.7. The summed E-state index contributed by atoms with van der Waals surface area (Å²) >= 11 is 0. The molecule has 0 aliphatic carbocycles. The maximum absolute atomic E-state index is 11.1. The Labute approximate surface area is 80.5 Å². The number of fused-ring (bicyclic) bond motifs is 1. The molecule has 1 unspecified atom stereocenters. The molecule has 74 valence electrons. The van der Waals surface area contributed by atoms with Gasteiger partial charge >= 0.3 is 11.9 Å². The summed E-state index contributed by atoms with van der Waals surface area (Å²) in [5, 5.41) is 1.35. The molecule has 0 saturated heterocycles. The van der Waals surface area contributed by atoms with Crippen LogP contribution in [0, 0.1) is 0 Å². The number of hydrogen-bond acceptors (Lipinski definition) is 5. The van der Waals surface area contributed by atoms with Crippen LogP contribution in [0.3, 0.4) is 0 Å². The normalized spacial score (nSPS) is 29.6. The molecule has 0 spiro atoms. The summed E-state index contributed by atoms with van der Waals surface area (Å²) < 4.78 is 5.02. The van der Waals surface area contributed by atoms with E-state index in [4.69, 9.17) is 9.57 Å². The van der Waals surface area contributed by atoms with Crippen molar-refractivity contribution in [2.75, 3.05) is 6.54 Å². The predicted molar refractivity (Wildman–Crippen MR) is 45.6 cm³/mol. The Balaban J connectivity index is 2.18. The SMILES string of the molecule is O=C1/C=C/C(=O)ON2CC=CCC2O1. The van der Waals surface area contributed by atoms with E-state index in [1.807, 2.05) is 12.2 Å². The van der Waals surface area contributed by atoms with Crippen molar-refractivity contribution in [1.29, 1.82) is 0 Å². The molecular weight excluding hydrogens is 186 g/mol. The van der Waals surface area contributed by atoms with Crippen LogP contribution in [0.2, 0.25) is 0 Å². The summed E-state index contributed by atoms with van der Waals surface area (Å²) in [6, 6.07) is 0. The van der Waals surface area contributed by atoms with E-state index in [0.29, 0.717) is 13.0 Å². The lowest BCUT2D eigenvalue weighted by atomic mass is 10.2. The van der Waals surface area contributed by atoms with Gasteiger partial charge in [0.2, 0.25) is 0 Å². The number of hydrogen-bond donors (Lipinski definition) is 0. The highest BCUT2D eigenvalue weighted by Crippen LogP contribution is 2.15. The monoisotopic (exact) mass is 195 g/mol. The lowest BCUT2D eigenvalue weighted by Gasteiger charge is -2.30. The van der Waals surface area contributed by atoms with Crippen molar-refractivity contribution in [3.63, 3.8) is 0 Å². The number of ether oxygens (including phenoxy) is 1. The number of esters is 1. The summed E-state index contributed by atoms with van der Waals surface area (Å²) in [6.45, 7) is 0.442. The number of hydroxylamine groups is 2. The Morgan fingerprint density at radius 1 is 1.21 bits per heavy atom. The fourth-order valence-electron chi connectivity index (χ4n) is 1.28. The maximum atomic E-state index is 11.1. The molecular formula is C9H9NO4. The second-order valence-electron chi connectivity index (χ2n) is 2.94. The van der Waals surface area contributed by atoms with Crippen LogP contribution >= 0.6 is 0 Å². The Bertz CT molecular complexity index is 291. The van der Waals surface area contributed by atoms with E-state index in [1.165, 1.54) is 5.06 Å². The average Bonchev–Trinajstić information content (AvgIpc) is 2.16. The summed E-state index contributed by atoms with van der Waals surface area (Å²) in [5.74, 6) is -1.08. The molecule has 0 radical (unpaired) electrons. The first-order valence-electron chi connectivity index (χ1n) is 4.28. The number of nitrogens with zero attached hydrogens (tertiary/aromatic N) is 1. The van der Waals surface area contributed by atoms with Crippen LogP contribution in [-0.2, 0) is 19.2 Å². The second-order valence-corrected chi connectivity index (χ2v) is 2.94. The zero-order valence-corrected chi connectivity index (χ0v) is 7.38. The van der Waals surface area contributed by atoms with Gasteiger partial charge in [-0.15, -0.1) is 0 Å². The standard InChI is InChI=1S/C9H9NO4/c11-8-4-5-9(12)14-10-6-2-1-3-7(10)13-8/h1-2,4-5,7H,3,6H2/b5-4+. The first kappa shape index (κ1) is 8.96. The summed E-state index contributed by atoms with van der Waals surface area (Å²) in [4.78, 5) is 27.0. The van der Waals surface area contributed by atoms with E-state index < -0.39 is 18.2 Å². The number of carbonyl (C=O) groups is 2. The predicted octanol–water partition coefficient (Wildman–Crippen LogP) is 0.146. The minimum Gasteiger partial charge on any atom is -0.440 e. The lowest BCUT2D eigenvalue weighted by Crippen LogP contribution is -2.42. The molecule has 2 aliphatic rings. The molecule has 0 aromatic carbocycles. The lowest BCUT2D eigenvalue weighted by molar-refractivity contribution is -0.235. The van der Waals surface area contributed by atoms with Gasteiger partial charge in [0.15, 0.2) is 6.23 Å². The Kier molecular flexibility index (Phi) is 2.32. The van der Waals surface area contributed by atoms with Crippen LogP contribution < -0.4 is 0 Å². The van der Waals surface area contributed by atoms with Gasteiger partial charge in [0.1, 0.15) is 0 Å². The van der Waals surface area contributed by atoms with Gasteiger partial charge in [0.05, 0.1) is 6.54 Å². The summed E-state index contributed by atoms with van der Waals surface area (Å²) in [6.07, 6.45) is 5.89. The third-order valence-electron chi connectivity index (χ3n) is 1.93. The van der Waals surface area contributed by atoms with Crippen LogP contribution in [0.1, 0.15) is 6.42 Å². The first-order valence-corrected chi connectivity index (χ1v) is 4.28. The van der Waals surface area contributed by atoms with Crippen LogP contribution in [0.25, 0.3) is 0 Å². The van der Waals surface area contributed by atoms with Crippen molar-refractivity contribution < 1.29 is 19.2 Å². The number of rotatable bonds is 0. The molecule has 0 bridgehead atoms. The molecule has 0 N–H and O–H groups in total. The van der Waals surface area contributed by atoms with Gasteiger partial charge in [-0.25, -0.2) is 9.59 Å². The van der Waals surface area contributed by atoms with Gasteiger partial charge in [-0.1, -0.05) is 17.2 Å². The maximum Gasteiger partial charge on any atom is 0.350 e. The number of carbonyl (C=O) groups excluding carboxylic acids is 2. The fourth-order valence-corrected chi connectivity index (χ4v) is 1.28. The molecule has 0 amide bonds. The molecule has 0 aromatic heterocycles. The van der Waals surface area contributed by atoms with Crippen molar-refractivity contribution in [2.24, 2.45) is 0 Å². The van der Waals surface area contributed by atoms with E-state index in [9.17, 15) is 9.59 Å². The highest BCUT2D eigenvalue weighted by Gasteiger charge is 2.27. The molecule has 1 atom stereocenters. The average molecular weight is 195 g/mol. The molecule has 2 aliphatic heterocycles. The van der Waals surface area contributed by atoms with E-state index in [2.05, 4.69) is 0 Å². The van der Waals surface area contributed by atoms with Crippen LogP contribution in [-0.4, -0.2) is 29.8 Å². The van der Waals surface area contributed by atoms with Gasteiger partial charge in [-0.05, 0) is 0 Å². The van der Waals surface area contributed by atoms with Gasteiger partial charge in [-0.3, -0.25) is 0 Å². The zero-order valence-electron chi connectivity index (χ0n) is 7.38. The van der Waals surface area contributed by atoms with Crippen LogP contribution in [0.5, 0.6) is 0 Å². The van der Waals surface area contributed by atoms with Crippen molar-refractivity contribution >= 4 is 11.9 Å². The Morgan fingerprint density at radius 3 is 2.86 bits per heavy atom. The third kappa shape index (κ3) is 1.82. The molecule has 0 fully saturated rings.